The normalized spacial score (nSPS) is 26.2. The van der Waals surface area contributed by atoms with Crippen LogP contribution in [0.3, 0.4) is 0 Å². The third-order valence-electron chi connectivity index (χ3n) is 4.38. The van der Waals surface area contributed by atoms with Crippen molar-refractivity contribution in [2.45, 2.75) is 58.9 Å². The number of hydrogen-bond acceptors (Lipinski definition) is 2. The van der Waals surface area contributed by atoms with Crippen molar-refractivity contribution < 1.29 is 0 Å². The molecule has 1 aliphatic rings. The molecular formula is C16H27NS. The largest absolute Gasteiger partial charge is 0.310 e. The topological polar surface area (TPSA) is 12.0 Å². The van der Waals surface area contributed by atoms with E-state index < -0.39 is 0 Å². The van der Waals surface area contributed by atoms with Gasteiger partial charge in [0.15, 0.2) is 0 Å². The Balaban J connectivity index is 2.07. The third kappa shape index (κ3) is 3.36. The highest BCUT2D eigenvalue weighted by molar-refractivity contribution is 7.10. The fraction of sp³-hybridized carbons (Fsp3) is 0.750. The zero-order chi connectivity index (χ0) is 13.0. The third-order valence-corrected chi connectivity index (χ3v) is 5.24. The van der Waals surface area contributed by atoms with E-state index >= 15 is 0 Å². The number of thiophene rings is 1. The van der Waals surface area contributed by atoms with Gasteiger partial charge in [-0.25, -0.2) is 0 Å². The molecule has 1 fully saturated rings. The van der Waals surface area contributed by atoms with Crippen molar-refractivity contribution in [3.05, 3.63) is 21.9 Å². The van der Waals surface area contributed by atoms with Gasteiger partial charge in [0.25, 0.3) is 0 Å². The van der Waals surface area contributed by atoms with E-state index in [1.54, 1.807) is 5.56 Å². The zero-order valence-corrected chi connectivity index (χ0v) is 12.9. The highest BCUT2D eigenvalue weighted by Gasteiger charge is 2.27. The van der Waals surface area contributed by atoms with Gasteiger partial charge in [-0.1, -0.05) is 26.7 Å². The summed E-state index contributed by atoms with van der Waals surface area (Å²) in [5.74, 6) is 1.79. The van der Waals surface area contributed by atoms with Gasteiger partial charge in [-0.2, -0.15) is 0 Å². The van der Waals surface area contributed by atoms with Gasteiger partial charge < -0.3 is 5.32 Å². The number of nitrogens with one attached hydrogen (secondary N) is 1. The summed E-state index contributed by atoms with van der Waals surface area (Å²) < 4.78 is 0. The lowest BCUT2D eigenvalue weighted by Gasteiger charge is -2.33. The lowest BCUT2D eigenvalue weighted by Crippen LogP contribution is -2.31. The highest BCUT2D eigenvalue weighted by Crippen LogP contribution is 2.38. The maximum atomic E-state index is 3.80. The average Bonchev–Trinajstić information content (AvgIpc) is 2.78. The Labute approximate surface area is 116 Å². The SMILES string of the molecule is CCCNC(c1ccsc1C)C1CCC(C)CC1. The molecule has 102 valence electrons. The molecule has 1 unspecified atom stereocenters. The van der Waals surface area contributed by atoms with E-state index in [2.05, 4.69) is 37.5 Å². The van der Waals surface area contributed by atoms with Gasteiger partial charge in [-0.05, 0) is 61.6 Å². The Morgan fingerprint density at radius 1 is 1.33 bits per heavy atom. The van der Waals surface area contributed by atoms with Crippen LogP contribution in [-0.2, 0) is 0 Å². The van der Waals surface area contributed by atoms with Gasteiger partial charge in [0.05, 0.1) is 0 Å². The van der Waals surface area contributed by atoms with Crippen LogP contribution in [0.5, 0.6) is 0 Å². The molecule has 2 heteroatoms. The average molecular weight is 265 g/mol. The van der Waals surface area contributed by atoms with Gasteiger partial charge in [-0.15, -0.1) is 11.3 Å². The van der Waals surface area contributed by atoms with E-state index in [0.717, 1.165) is 18.4 Å². The van der Waals surface area contributed by atoms with Crippen LogP contribution in [0.2, 0.25) is 0 Å². The second-order valence-electron chi connectivity index (χ2n) is 5.88. The summed E-state index contributed by atoms with van der Waals surface area (Å²) in [4.78, 5) is 1.50. The Morgan fingerprint density at radius 2 is 2.06 bits per heavy atom. The molecule has 1 aromatic rings. The standard InChI is InChI=1S/C16H27NS/c1-4-10-17-16(15-9-11-18-13(15)3)14-7-5-12(2)6-8-14/h9,11-12,14,16-17H,4-8,10H2,1-3H3. The molecule has 1 saturated carbocycles. The summed E-state index contributed by atoms with van der Waals surface area (Å²) in [5, 5.41) is 6.05. The Hall–Kier alpha value is -0.340. The molecule has 0 amide bonds. The van der Waals surface area contributed by atoms with Crippen molar-refractivity contribution in [3.63, 3.8) is 0 Å². The van der Waals surface area contributed by atoms with Gasteiger partial charge in [0.1, 0.15) is 0 Å². The zero-order valence-electron chi connectivity index (χ0n) is 12.0. The summed E-state index contributed by atoms with van der Waals surface area (Å²) in [5.41, 5.74) is 1.56. The summed E-state index contributed by atoms with van der Waals surface area (Å²) >= 11 is 1.89. The van der Waals surface area contributed by atoms with E-state index in [4.69, 9.17) is 0 Å². The number of hydrogen-bond donors (Lipinski definition) is 1. The lowest BCUT2D eigenvalue weighted by molar-refractivity contribution is 0.231. The Kier molecular flexibility index (Phi) is 5.25. The lowest BCUT2D eigenvalue weighted by atomic mass is 9.77. The van der Waals surface area contributed by atoms with Crippen LogP contribution in [0, 0.1) is 18.8 Å². The second kappa shape index (κ2) is 6.72. The predicted octanol–water partition coefficient (Wildman–Crippen LogP) is 4.92. The first-order valence-corrected chi connectivity index (χ1v) is 8.37. The van der Waals surface area contributed by atoms with Crippen molar-refractivity contribution in [1.29, 1.82) is 0 Å². The fourth-order valence-electron chi connectivity index (χ4n) is 3.17. The second-order valence-corrected chi connectivity index (χ2v) is 7.00. The van der Waals surface area contributed by atoms with Crippen molar-refractivity contribution in [3.8, 4) is 0 Å². The van der Waals surface area contributed by atoms with Crippen molar-refractivity contribution in [2.24, 2.45) is 11.8 Å². The monoisotopic (exact) mass is 265 g/mol. The van der Waals surface area contributed by atoms with Crippen LogP contribution in [0.4, 0.5) is 0 Å². The molecule has 0 bridgehead atoms. The first-order chi connectivity index (χ1) is 8.72. The maximum absolute atomic E-state index is 3.80. The van der Waals surface area contributed by atoms with Gasteiger partial charge in [0, 0.05) is 10.9 Å². The number of aryl methyl sites for hydroxylation is 1. The van der Waals surface area contributed by atoms with Crippen LogP contribution in [-0.4, -0.2) is 6.54 Å². The van der Waals surface area contributed by atoms with Crippen LogP contribution in [0.15, 0.2) is 11.4 Å². The highest BCUT2D eigenvalue weighted by atomic mass is 32.1. The molecule has 0 aromatic carbocycles. The summed E-state index contributed by atoms with van der Waals surface area (Å²) in [6, 6.07) is 2.94. The first kappa shape index (κ1) is 14.1. The minimum Gasteiger partial charge on any atom is -0.310 e. The van der Waals surface area contributed by atoms with Gasteiger partial charge >= 0.3 is 0 Å². The van der Waals surface area contributed by atoms with E-state index in [9.17, 15) is 0 Å². The van der Waals surface area contributed by atoms with Gasteiger partial charge in [0.2, 0.25) is 0 Å². The molecule has 1 heterocycles. The Bertz CT molecular complexity index is 350. The number of rotatable bonds is 5. The van der Waals surface area contributed by atoms with E-state index in [-0.39, 0.29) is 0 Å². The summed E-state index contributed by atoms with van der Waals surface area (Å²) in [6.45, 7) is 8.08. The van der Waals surface area contributed by atoms with Crippen molar-refractivity contribution >= 4 is 11.3 Å². The van der Waals surface area contributed by atoms with E-state index in [1.165, 1.54) is 37.0 Å². The van der Waals surface area contributed by atoms with E-state index in [0.29, 0.717) is 6.04 Å². The predicted molar refractivity (Wildman–Crippen MR) is 81.2 cm³/mol. The summed E-state index contributed by atoms with van der Waals surface area (Å²) in [7, 11) is 0. The maximum Gasteiger partial charge on any atom is 0.0359 e. The smallest absolute Gasteiger partial charge is 0.0359 e. The first-order valence-electron chi connectivity index (χ1n) is 7.49. The minimum absolute atomic E-state index is 0.601. The van der Waals surface area contributed by atoms with Crippen LogP contribution < -0.4 is 5.32 Å². The van der Waals surface area contributed by atoms with Crippen molar-refractivity contribution in [1.82, 2.24) is 5.32 Å². The molecule has 1 aliphatic carbocycles. The minimum atomic E-state index is 0.601. The molecule has 18 heavy (non-hydrogen) atoms. The van der Waals surface area contributed by atoms with E-state index in [1.807, 2.05) is 11.3 Å². The molecule has 1 N–H and O–H groups in total. The molecular weight excluding hydrogens is 238 g/mol. The molecule has 1 atom stereocenters. The molecule has 2 rings (SSSR count). The molecule has 0 spiro atoms. The molecule has 0 radical (unpaired) electrons. The van der Waals surface area contributed by atoms with Gasteiger partial charge in [-0.3, -0.25) is 0 Å². The molecule has 1 nitrogen and oxygen atoms in total. The summed E-state index contributed by atoms with van der Waals surface area (Å²) in [6.07, 6.45) is 6.86. The Morgan fingerprint density at radius 3 is 2.61 bits per heavy atom. The molecule has 0 aliphatic heterocycles. The van der Waals surface area contributed by atoms with Crippen molar-refractivity contribution in [2.75, 3.05) is 6.54 Å². The fourth-order valence-corrected chi connectivity index (χ4v) is 3.92. The van der Waals surface area contributed by atoms with Crippen LogP contribution in [0.1, 0.15) is 62.4 Å². The van der Waals surface area contributed by atoms with Crippen LogP contribution >= 0.6 is 11.3 Å². The molecule has 1 aromatic heterocycles. The quantitative estimate of drug-likeness (QED) is 0.796. The molecule has 0 saturated heterocycles. The van der Waals surface area contributed by atoms with Crippen LogP contribution in [0.25, 0.3) is 0 Å².